The average molecular weight is 360 g/mol. The van der Waals surface area contributed by atoms with Gasteiger partial charge in [0.15, 0.2) is 5.96 Å². The molecule has 0 saturated carbocycles. The van der Waals surface area contributed by atoms with Crippen LogP contribution in [0.2, 0.25) is 0 Å². The van der Waals surface area contributed by atoms with Gasteiger partial charge in [-0.2, -0.15) is 0 Å². The Morgan fingerprint density at radius 2 is 1.96 bits per heavy atom. The van der Waals surface area contributed by atoms with E-state index in [0.29, 0.717) is 0 Å². The molecule has 0 radical (unpaired) electrons. The van der Waals surface area contributed by atoms with E-state index in [2.05, 4.69) is 44.1 Å². The molecule has 0 bridgehead atoms. The summed E-state index contributed by atoms with van der Waals surface area (Å²) in [6.45, 7) is 10.8. The molecule has 2 aliphatic rings. The van der Waals surface area contributed by atoms with E-state index >= 15 is 0 Å². The van der Waals surface area contributed by atoms with Crippen molar-refractivity contribution in [3.63, 3.8) is 0 Å². The highest BCUT2D eigenvalue weighted by atomic mass is 16.5. The molecular weight excluding hydrogens is 326 g/mol. The average Bonchev–Trinajstić information content (AvgIpc) is 3.17. The Balaban J connectivity index is 1.50. The number of hydrogen-bond donors (Lipinski definition) is 1. The van der Waals surface area contributed by atoms with E-state index in [1.165, 1.54) is 25.2 Å². The van der Waals surface area contributed by atoms with Crippen LogP contribution >= 0.6 is 0 Å². The van der Waals surface area contributed by atoms with Crippen molar-refractivity contribution in [3.05, 3.63) is 24.3 Å². The molecule has 1 aromatic carbocycles. The minimum absolute atomic E-state index is 0.738. The van der Waals surface area contributed by atoms with E-state index < -0.39 is 0 Å². The molecular formula is C20H33N5O. The highest BCUT2D eigenvalue weighted by Gasteiger charge is 2.24. The number of hydrogen-bond acceptors (Lipinski definition) is 4. The standard InChI is InChI=1S/C20H33N5O/c1-4-23-10-9-17(16-23)15-22-20(21-2)25-13-11-24(12-14-25)18-7-5-6-8-19(18)26-3/h5-8,17H,4,9-16H2,1-3H3,(H,21,22). The number of aliphatic imine (C=N–C) groups is 1. The summed E-state index contributed by atoms with van der Waals surface area (Å²) in [5.41, 5.74) is 1.18. The van der Waals surface area contributed by atoms with Gasteiger partial charge < -0.3 is 24.8 Å². The lowest BCUT2D eigenvalue weighted by Gasteiger charge is -2.38. The molecule has 6 heteroatoms. The molecule has 26 heavy (non-hydrogen) atoms. The van der Waals surface area contributed by atoms with E-state index in [4.69, 9.17) is 4.74 Å². The summed E-state index contributed by atoms with van der Waals surface area (Å²) in [5, 5.41) is 3.61. The molecule has 2 aliphatic heterocycles. The van der Waals surface area contributed by atoms with Crippen LogP contribution in [0, 0.1) is 5.92 Å². The number of ether oxygens (including phenoxy) is 1. The predicted molar refractivity (Wildman–Crippen MR) is 108 cm³/mol. The maximum Gasteiger partial charge on any atom is 0.193 e. The zero-order valence-electron chi connectivity index (χ0n) is 16.4. The van der Waals surface area contributed by atoms with E-state index in [1.54, 1.807) is 7.11 Å². The minimum atomic E-state index is 0.738. The van der Waals surface area contributed by atoms with Crippen molar-refractivity contribution in [2.75, 3.05) is 71.4 Å². The summed E-state index contributed by atoms with van der Waals surface area (Å²) in [6.07, 6.45) is 1.29. The Kier molecular flexibility index (Phi) is 6.61. The topological polar surface area (TPSA) is 43.3 Å². The Bertz CT molecular complexity index is 598. The second kappa shape index (κ2) is 9.12. The number of nitrogens with zero attached hydrogens (tertiary/aromatic N) is 4. The Hall–Kier alpha value is -1.95. The molecule has 0 spiro atoms. The summed E-state index contributed by atoms with van der Waals surface area (Å²) in [7, 11) is 3.63. The van der Waals surface area contributed by atoms with Crippen molar-refractivity contribution in [1.29, 1.82) is 0 Å². The van der Waals surface area contributed by atoms with Crippen LogP contribution in [-0.2, 0) is 0 Å². The summed E-state index contributed by atoms with van der Waals surface area (Å²) in [5.74, 6) is 2.73. The number of benzene rings is 1. The molecule has 1 unspecified atom stereocenters. The van der Waals surface area contributed by atoms with E-state index in [-0.39, 0.29) is 0 Å². The number of rotatable bonds is 5. The molecule has 1 N–H and O–H groups in total. The van der Waals surface area contributed by atoms with Crippen LogP contribution in [0.5, 0.6) is 5.75 Å². The van der Waals surface area contributed by atoms with Gasteiger partial charge in [-0.1, -0.05) is 19.1 Å². The minimum Gasteiger partial charge on any atom is -0.495 e. The first kappa shape index (κ1) is 18.8. The zero-order valence-corrected chi connectivity index (χ0v) is 16.4. The van der Waals surface area contributed by atoms with Crippen LogP contribution < -0.4 is 15.0 Å². The van der Waals surface area contributed by atoms with Gasteiger partial charge in [-0.15, -0.1) is 0 Å². The zero-order chi connectivity index (χ0) is 18.4. The Labute approximate surface area is 157 Å². The number of piperazine rings is 1. The number of methoxy groups -OCH3 is 1. The fraction of sp³-hybridized carbons (Fsp3) is 0.650. The van der Waals surface area contributed by atoms with Crippen molar-refractivity contribution in [2.24, 2.45) is 10.9 Å². The van der Waals surface area contributed by atoms with Gasteiger partial charge in [0.2, 0.25) is 0 Å². The van der Waals surface area contributed by atoms with Gasteiger partial charge >= 0.3 is 0 Å². The molecule has 1 atom stereocenters. The normalized spacial score (nSPS) is 22.0. The molecule has 1 aromatic rings. The van der Waals surface area contributed by atoms with Crippen molar-refractivity contribution in [3.8, 4) is 5.75 Å². The fourth-order valence-electron chi connectivity index (χ4n) is 3.98. The molecule has 144 valence electrons. The van der Waals surface area contributed by atoms with Crippen LogP contribution in [0.1, 0.15) is 13.3 Å². The highest BCUT2D eigenvalue weighted by Crippen LogP contribution is 2.28. The van der Waals surface area contributed by atoms with Crippen molar-refractivity contribution in [1.82, 2.24) is 15.1 Å². The van der Waals surface area contributed by atoms with Gasteiger partial charge in [0.25, 0.3) is 0 Å². The van der Waals surface area contributed by atoms with Crippen molar-refractivity contribution in [2.45, 2.75) is 13.3 Å². The summed E-state index contributed by atoms with van der Waals surface area (Å²) < 4.78 is 5.51. The van der Waals surface area contributed by atoms with Crippen LogP contribution in [0.4, 0.5) is 5.69 Å². The maximum absolute atomic E-state index is 5.51. The third kappa shape index (κ3) is 4.41. The summed E-state index contributed by atoms with van der Waals surface area (Å²) >= 11 is 0. The lowest BCUT2D eigenvalue weighted by Crippen LogP contribution is -2.53. The van der Waals surface area contributed by atoms with Gasteiger partial charge in [-0.05, 0) is 37.6 Å². The number of anilines is 1. The van der Waals surface area contributed by atoms with Gasteiger partial charge in [-0.3, -0.25) is 4.99 Å². The van der Waals surface area contributed by atoms with Crippen LogP contribution in [0.15, 0.2) is 29.3 Å². The summed E-state index contributed by atoms with van der Waals surface area (Å²) in [6, 6.07) is 8.27. The lowest BCUT2D eigenvalue weighted by atomic mass is 10.1. The Morgan fingerprint density at radius 3 is 2.62 bits per heavy atom. The molecule has 2 heterocycles. The molecule has 6 nitrogen and oxygen atoms in total. The number of likely N-dealkylation sites (tertiary alicyclic amines) is 1. The fourth-order valence-corrected chi connectivity index (χ4v) is 3.98. The van der Waals surface area contributed by atoms with E-state index in [9.17, 15) is 0 Å². The Morgan fingerprint density at radius 1 is 1.19 bits per heavy atom. The predicted octanol–water partition coefficient (Wildman–Crippen LogP) is 1.73. The molecule has 2 saturated heterocycles. The van der Waals surface area contributed by atoms with Gasteiger partial charge in [0.05, 0.1) is 12.8 Å². The number of para-hydroxylation sites is 2. The third-order valence-electron chi connectivity index (χ3n) is 5.58. The molecule has 2 fully saturated rings. The quantitative estimate of drug-likeness (QED) is 0.641. The van der Waals surface area contributed by atoms with E-state index in [1.807, 2.05) is 19.2 Å². The largest absolute Gasteiger partial charge is 0.495 e. The van der Waals surface area contributed by atoms with Crippen LogP contribution in [-0.4, -0.2) is 82.3 Å². The van der Waals surface area contributed by atoms with E-state index in [0.717, 1.165) is 56.9 Å². The first-order chi connectivity index (χ1) is 12.7. The monoisotopic (exact) mass is 359 g/mol. The molecule has 0 amide bonds. The highest BCUT2D eigenvalue weighted by molar-refractivity contribution is 5.80. The van der Waals surface area contributed by atoms with Crippen LogP contribution in [0.25, 0.3) is 0 Å². The maximum atomic E-state index is 5.51. The molecule has 3 rings (SSSR count). The summed E-state index contributed by atoms with van der Waals surface area (Å²) in [4.78, 5) is 11.8. The van der Waals surface area contributed by atoms with Gasteiger partial charge in [0.1, 0.15) is 5.75 Å². The molecule has 0 aromatic heterocycles. The van der Waals surface area contributed by atoms with Crippen molar-refractivity contribution >= 4 is 11.6 Å². The van der Waals surface area contributed by atoms with Gasteiger partial charge in [0, 0.05) is 46.3 Å². The second-order valence-corrected chi connectivity index (χ2v) is 7.12. The smallest absolute Gasteiger partial charge is 0.193 e. The first-order valence-electron chi connectivity index (χ1n) is 9.81. The number of nitrogens with one attached hydrogen (secondary N) is 1. The number of guanidine groups is 1. The lowest BCUT2D eigenvalue weighted by molar-refractivity contribution is 0.337. The SMILES string of the molecule is CCN1CCC(CNC(=NC)N2CCN(c3ccccc3OC)CC2)C1. The van der Waals surface area contributed by atoms with Crippen LogP contribution in [0.3, 0.4) is 0 Å². The molecule has 0 aliphatic carbocycles. The third-order valence-corrected chi connectivity index (χ3v) is 5.58. The van der Waals surface area contributed by atoms with Crippen molar-refractivity contribution < 1.29 is 4.74 Å². The van der Waals surface area contributed by atoms with Gasteiger partial charge in [-0.25, -0.2) is 0 Å². The second-order valence-electron chi connectivity index (χ2n) is 7.12. The first-order valence-corrected chi connectivity index (χ1v) is 9.81.